The second-order valence-corrected chi connectivity index (χ2v) is 4.63. The monoisotopic (exact) mass is 196 g/mol. The van der Waals surface area contributed by atoms with E-state index >= 15 is 0 Å². The Balaban J connectivity index is 3.27. The molecule has 14 heavy (non-hydrogen) atoms. The molecule has 0 spiro atoms. The zero-order valence-electron chi connectivity index (χ0n) is 9.05. The standard InChI is InChI=1S/C11H16O3/c1-6-5-11(3,4)10(14)8(7(2)12)9(6)13/h6,13H,5H2,1-4H3. The maximum absolute atomic E-state index is 11.8. The topological polar surface area (TPSA) is 54.4 Å². The SMILES string of the molecule is CC(=O)C1=C(O)C(C)CC(C)(C)C1=O. The smallest absolute Gasteiger partial charge is 0.175 e. The van der Waals surface area contributed by atoms with Gasteiger partial charge in [-0.15, -0.1) is 0 Å². The summed E-state index contributed by atoms with van der Waals surface area (Å²) in [4.78, 5) is 23.0. The first-order valence-electron chi connectivity index (χ1n) is 4.76. The van der Waals surface area contributed by atoms with Gasteiger partial charge in [0.05, 0.1) is 5.57 Å². The zero-order valence-corrected chi connectivity index (χ0v) is 9.05. The molecule has 0 aromatic heterocycles. The molecule has 0 aliphatic heterocycles. The largest absolute Gasteiger partial charge is 0.511 e. The predicted molar refractivity (Wildman–Crippen MR) is 52.9 cm³/mol. The number of aliphatic hydroxyl groups is 1. The summed E-state index contributed by atoms with van der Waals surface area (Å²) < 4.78 is 0. The molecule has 0 saturated carbocycles. The van der Waals surface area contributed by atoms with E-state index in [1.54, 1.807) is 13.8 Å². The van der Waals surface area contributed by atoms with E-state index < -0.39 is 5.41 Å². The zero-order chi connectivity index (χ0) is 11.1. The van der Waals surface area contributed by atoms with E-state index in [-0.39, 0.29) is 28.8 Å². The van der Waals surface area contributed by atoms with Crippen LogP contribution >= 0.6 is 0 Å². The van der Waals surface area contributed by atoms with Gasteiger partial charge in [-0.05, 0) is 13.3 Å². The third kappa shape index (κ3) is 1.59. The van der Waals surface area contributed by atoms with Crippen LogP contribution in [-0.2, 0) is 9.59 Å². The van der Waals surface area contributed by atoms with E-state index in [0.29, 0.717) is 6.42 Å². The predicted octanol–water partition coefficient (Wildman–Crippen LogP) is 2.02. The van der Waals surface area contributed by atoms with Crippen molar-refractivity contribution in [2.45, 2.75) is 34.1 Å². The average Bonchev–Trinajstić information content (AvgIpc) is 2.00. The van der Waals surface area contributed by atoms with Crippen molar-refractivity contribution in [3.05, 3.63) is 11.3 Å². The number of carbonyl (C=O) groups excluding carboxylic acids is 2. The summed E-state index contributed by atoms with van der Waals surface area (Å²) in [6.07, 6.45) is 0.592. The minimum atomic E-state index is -0.535. The number of ketones is 2. The molecular weight excluding hydrogens is 180 g/mol. The summed E-state index contributed by atoms with van der Waals surface area (Å²) in [5.41, 5.74) is -0.541. The highest BCUT2D eigenvalue weighted by Crippen LogP contribution is 2.38. The third-order valence-electron chi connectivity index (χ3n) is 2.73. The van der Waals surface area contributed by atoms with Crippen molar-refractivity contribution >= 4 is 11.6 Å². The number of Topliss-reactive ketones (excluding diaryl/α,β-unsaturated/α-hetero) is 2. The first-order valence-corrected chi connectivity index (χ1v) is 4.76. The molecule has 78 valence electrons. The summed E-state index contributed by atoms with van der Waals surface area (Å²) in [6.45, 7) is 6.76. The van der Waals surface area contributed by atoms with Crippen molar-refractivity contribution in [2.24, 2.45) is 11.3 Å². The number of hydrogen-bond acceptors (Lipinski definition) is 3. The van der Waals surface area contributed by atoms with Crippen molar-refractivity contribution in [1.82, 2.24) is 0 Å². The van der Waals surface area contributed by atoms with E-state index in [1.165, 1.54) is 6.92 Å². The molecule has 0 aromatic rings. The van der Waals surface area contributed by atoms with Gasteiger partial charge >= 0.3 is 0 Å². The number of rotatable bonds is 1. The first kappa shape index (κ1) is 11.0. The molecule has 1 N–H and O–H groups in total. The fourth-order valence-electron chi connectivity index (χ4n) is 2.00. The molecule has 1 aliphatic carbocycles. The van der Waals surface area contributed by atoms with Gasteiger partial charge in [-0.1, -0.05) is 20.8 Å². The van der Waals surface area contributed by atoms with E-state index in [0.717, 1.165) is 0 Å². The Bertz CT molecular complexity index is 323. The number of allylic oxidation sites excluding steroid dienone is 2. The second-order valence-electron chi connectivity index (χ2n) is 4.63. The summed E-state index contributed by atoms with van der Waals surface area (Å²) in [6, 6.07) is 0. The minimum absolute atomic E-state index is 0.00579. The van der Waals surface area contributed by atoms with E-state index in [9.17, 15) is 14.7 Å². The van der Waals surface area contributed by atoms with Gasteiger partial charge in [0, 0.05) is 11.3 Å². The molecular formula is C11H16O3. The molecule has 0 radical (unpaired) electrons. The third-order valence-corrected chi connectivity index (χ3v) is 2.73. The summed E-state index contributed by atoms with van der Waals surface area (Å²) >= 11 is 0. The van der Waals surface area contributed by atoms with Gasteiger partial charge in [-0.3, -0.25) is 9.59 Å². The average molecular weight is 196 g/mol. The number of hydrogen-bond donors (Lipinski definition) is 1. The van der Waals surface area contributed by atoms with E-state index in [2.05, 4.69) is 0 Å². The van der Waals surface area contributed by atoms with Crippen LogP contribution in [0.5, 0.6) is 0 Å². The number of carbonyl (C=O) groups is 2. The van der Waals surface area contributed by atoms with Crippen molar-refractivity contribution in [1.29, 1.82) is 0 Å². The van der Waals surface area contributed by atoms with Gasteiger partial charge in [-0.2, -0.15) is 0 Å². The Kier molecular flexibility index (Phi) is 2.52. The lowest BCUT2D eigenvalue weighted by atomic mass is 9.70. The summed E-state index contributed by atoms with van der Waals surface area (Å²) in [5.74, 6) is -0.726. The highest BCUT2D eigenvalue weighted by atomic mass is 16.3. The Morgan fingerprint density at radius 1 is 1.50 bits per heavy atom. The van der Waals surface area contributed by atoms with Gasteiger partial charge in [0.1, 0.15) is 5.76 Å². The Hall–Kier alpha value is -1.12. The molecule has 0 bridgehead atoms. The number of aliphatic hydroxyl groups excluding tert-OH is 1. The first-order chi connectivity index (χ1) is 6.27. The highest BCUT2D eigenvalue weighted by Gasteiger charge is 2.41. The molecule has 0 aromatic carbocycles. The van der Waals surface area contributed by atoms with Gasteiger partial charge in [0.25, 0.3) is 0 Å². The molecule has 0 amide bonds. The van der Waals surface area contributed by atoms with Crippen molar-refractivity contribution in [2.75, 3.05) is 0 Å². The van der Waals surface area contributed by atoms with Crippen LogP contribution in [0.25, 0.3) is 0 Å². The van der Waals surface area contributed by atoms with Gasteiger partial charge < -0.3 is 5.11 Å². The molecule has 0 fully saturated rings. The van der Waals surface area contributed by atoms with Crippen LogP contribution in [0.2, 0.25) is 0 Å². The molecule has 1 aliphatic rings. The van der Waals surface area contributed by atoms with Crippen molar-refractivity contribution in [3.63, 3.8) is 0 Å². The van der Waals surface area contributed by atoms with Gasteiger partial charge in [0.2, 0.25) is 0 Å². The van der Waals surface area contributed by atoms with Crippen LogP contribution in [0.4, 0.5) is 0 Å². The Morgan fingerprint density at radius 2 is 2.00 bits per heavy atom. The molecule has 3 nitrogen and oxygen atoms in total. The van der Waals surface area contributed by atoms with E-state index in [1.807, 2.05) is 6.92 Å². The van der Waals surface area contributed by atoms with E-state index in [4.69, 9.17) is 0 Å². The second kappa shape index (κ2) is 3.23. The van der Waals surface area contributed by atoms with Crippen LogP contribution in [0.3, 0.4) is 0 Å². The lowest BCUT2D eigenvalue weighted by Gasteiger charge is -2.32. The molecule has 3 heteroatoms. The molecule has 1 atom stereocenters. The lowest BCUT2D eigenvalue weighted by Crippen LogP contribution is -2.36. The lowest BCUT2D eigenvalue weighted by molar-refractivity contribution is -0.128. The van der Waals surface area contributed by atoms with Crippen LogP contribution in [0.1, 0.15) is 34.1 Å². The van der Waals surface area contributed by atoms with Crippen molar-refractivity contribution < 1.29 is 14.7 Å². The van der Waals surface area contributed by atoms with Crippen LogP contribution in [0, 0.1) is 11.3 Å². The molecule has 1 unspecified atom stereocenters. The molecule has 0 heterocycles. The van der Waals surface area contributed by atoms with Crippen molar-refractivity contribution in [3.8, 4) is 0 Å². The van der Waals surface area contributed by atoms with Crippen LogP contribution in [0.15, 0.2) is 11.3 Å². The summed E-state index contributed by atoms with van der Waals surface area (Å²) in [7, 11) is 0. The van der Waals surface area contributed by atoms with Gasteiger partial charge in [0.15, 0.2) is 11.6 Å². The highest BCUT2D eigenvalue weighted by molar-refractivity contribution is 6.21. The fraction of sp³-hybridized carbons (Fsp3) is 0.636. The quantitative estimate of drug-likeness (QED) is 0.653. The molecule has 0 saturated heterocycles. The normalized spacial score (nSPS) is 26.6. The molecule has 1 rings (SSSR count). The maximum atomic E-state index is 11.8. The van der Waals surface area contributed by atoms with Crippen LogP contribution < -0.4 is 0 Å². The minimum Gasteiger partial charge on any atom is -0.511 e. The fourth-order valence-corrected chi connectivity index (χ4v) is 2.00. The Labute approximate surface area is 83.8 Å². The maximum Gasteiger partial charge on any atom is 0.175 e. The van der Waals surface area contributed by atoms with Crippen LogP contribution in [-0.4, -0.2) is 16.7 Å². The Morgan fingerprint density at radius 3 is 2.43 bits per heavy atom. The van der Waals surface area contributed by atoms with Gasteiger partial charge in [-0.25, -0.2) is 0 Å². The summed E-state index contributed by atoms with van der Waals surface area (Å²) in [5, 5.41) is 9.65.